The quantitative estimate of drug-likeness (QED) is 0.527. The molecule has 0 N–H and O–H groups in total. The molecule has 0 aliphatic heterocycles. The van der Waals surface area contributed by atoms with Crippen LogP contribution in [0.1, 0.15) is 24.0 Å². The van der Waals surface area contributed by atoms with E-state index < -0.39 is 0 Å². The maximum atomic E-state index is 5.18. The fourth-order valence-electron chi connectivity index (χ4n) is 1.17. The number of benzene rings is 1. The molecule has 0 radical (unpaired) electrons. The molecule has 0 amide bonds. The van der Waals surface area contributed by atoms with Crippen LogP contribution in [0.4, 0.5) is 0 Å². The highest BCUT2D eigenvalue weighted by molar-refractivity contribution is 5.62. The molecule has 2 nitrogen and oxygen atoms in total. The van der Waals surface area contributed by atoms with Crippen LogP contribution in [0.3, 0.4) is 0 Å². The van der Waals surface area contributed by atoms with Crippen molar-refractivity contribution in [1.29, 1.82) is 0 Å². The van der Waals surface area contributed by atoms with E-state index in [1.165, 1.54) is 24.0 Å². The molecule has 0 bridgehead atoms. The van der Waals surface area contributed by atoms with Gasteiger partial charge in [-0.3, -0.25) is 0 Å². The summed E-state index contributed by atoms with van der Waals surface area (Å²) in [5.74, 6) is 0.688. The zero-order chi connectivity index (χ0) is 9.80. The van der Waals surface area contributed by atoms with Gasteiger partial charge in [0, 0.05) is 6.21 Å². The summed E-state index contributed by atoms with van der Waals surface area (Å²) < 4.78 is 0. The summed E-state index contributed by atoms with van der Waals surface area (Å²) in [6.45, 7) is 2.65. The van der Waals surface area contributed by atoms with Gasteiger partial charge < -0.3 is 4.84 Å². The Bertz CT molecular complexity index is 312. The summed E-state index contributed by atoms with van der Waals surface area (Å²) in [7, 11) is 0. The van der Waals surface area contributed by atoms with Gasteiger partial charge in [-0.1, -0.05) is 35.0 Å². The van der Waals surface area contributed by atoms with Crippen LogP contribution in [0.2, 0.25) is 0 Å². The second kappa shape index (κ2) is 4.27. The van der Waals surface area contributed by atoms with Crippen LogP contribution in [0.25, 0.3) is 0 Å². The van der Waals surface area contributed by atoms with Gasteiger partial charge in [0.2, 0.25) is 0 Å². The molecule has 1 aromatic rings. The van der Waals surface area contributed by atoms with Gasteiger partial charge >= 0.3 is 0 Å². The monoisotopic (exact) mass is 189 g/mol. The second-order valence-electron chi connectivity index (χ2n) is 3.85. The SMILES string of the molecule is Cc1ccc(CON=CC2CC2)cc1. The topological polar surface area (TPSA) is 21.6 Å². The molecule has 0 spiro atoms. The maximum Gasteiger partial charge on any atom is 0.142 e. The lowest BCUT2D eigenvalue weighted by atomic mass is 10.2. The van der Waals surface area contributed by atoms with Gasteiger partial charge in [-0.2, -0.15) is 0 Å². The lowest BCUT2D eigenvalue weighted by molar-refractivity contribution is 0.131. The van der Waals surface area contributed by atoms with E-state index in [9.17, 15) is 0 Å². The van der Waals surface area contributed by atoms with Crippen molar-refractivity contribution < 1.29 is 4.84 Å². The Kier molecular flexibility index (Phi) is 2.82. The van der Waals surface area contributed by atoms with E-state index in [0.717, 1.165) is 0 Å². The van der Waals surface area contributed by atoms with Gasteiger partial charge in [-0.25, -0.2) is 0 Å². The molecule has 0 saturated heterocycles. The fourth-order valence-corrected chi connectivity index (χ4v) is 1.17. The molecule has 1 aliphatic rings. The minimum Gasteiger partial charge on any atom is -0.391 e. The molecular formula is C12H15NO. The first kappa shape index (κ1) is 9.25. The van der Waals surface area contributed by atoms with Crippen molar-refractivity contribution in [3.8, 4) is 0 Å². The van der Waals surface area contributed by atoms with Crippen LogP contribution >= 0.6 is 0 Å². The van der Waals surface area contributed by atoms with E-state index >= 15 is 0 Å². The van der Waals surface area contributed by atoms with Crippen LogP contribution < -0.4 is 0 Å². The second-order valence-corrected chi connectivity index (χ2v) is 3.85. The average molecular weight is 189 g/mol. The van der Waals surface area contributed by atoms with Crippen LogP contribution in [0.15, 0.2) is 29.4 Å². The highest BCUT2D eigenvalue weighted by Gasteiger charge is 2.18. The van der Waals surface area contributed by atoms with Crippen molar-refractivity contribution >= 4 is 6.21 Å². The first-order chi connectivity index (χ1) is 6.84. The Morgan fingerprint density at radius 2 is 2.07 bits per heavy atom. The van der Waals surface area contributed by atoms with E-state index in [0.29, 0.717) is 12.5 Å². The van der Waals surface area contributed by atoms with Crippen molar-refractivity contribution in [2.45, 2.75) is 26.4 Å². The van der Waals surface area contributed by atoms with Gasteiger partial charge in [0.1, 0.15) is 6.61 Å². The van der Waals surface area contributed by atoms with Gasteiger partial charge in [0.25, 0.3) is 0 Å². The lowest BCUT2D eigenvalue weighted by Crippen LogP contribution is -1.87. The molecule has 2 heteroatoms. The van der Waals surface area contributed by atoms with Crippen LogP contribution in [0, 0.1) is 12.8 Å². The zero-order valence-electron chi connectivity index (χ0n) is 8.44. The first-order valence-electron chi connectivity index (χ1n) is 5.05. The number of hydrogen-bond acceptors (Lipinski definition) is 2. The van der Waals surface area contributed by atoms with Crippen molar-refractivity contribution in [3.63, 3.8) is 0 Å². The third-order valence-electron chi connectivity index (χ3n) is 2.32. The summed E-state index contributed by atoms with van der Waals surface area (Å²) >= 11 is 0. The Balaban J connectivity index is 1.76. The number of oxime groups is 1. The van der Waals surface area contributed by atoms with Gasteiger partial charge in [-0.05, 0) is 31.2 Å². The molecule has 1 saturated carbocycles. The van der Waals surface area contributed by atoms with E-state index in [1.807, 2.05) is 6.21 Å². The van der Waals surface area contributed by atoms with Crippen molar-refractivity contribution in [2.75, 3.05) is 0 Å². The molecular weight excluding hydrogens is 174 g/mol. The summed E-state index contributed by atoms with van der Waals surface area (Å²) in [6, 6.07) is 8.32. The highest BCUT2D eigenvalue weighted by Crippen LogP contribution is 2.26. The third kappa shape index (κ3) is 2.87. The van der Waals surface area contributed by atoms with E-state index in [2.05, 4.69) is 36.3 Å². The first-order valence-corrected chi connectivity index (χ1v) is 5.05. The number of hydrogen-bond donors (Lipinski definition) is 0. The normalized spacial score (nSPS) is 16.1. The summed E-state index contributed by atoms with van der Waals surface area (Å²) in [6.07, 6.45) is 4.46. The summed E-state index contributed by atoms with van der Waals surface area (Å²) in [4.78, 5) is 5.18. The predicted octanol–water partition coefficient (Wildman–Crippen LogP) is 2.91. The minimum absolute atomic E-state index is 0.573. The maximum absolute atomic E-state index is 5.18. The zero-order valence-corrected chi connectivity index (χ0v) is 8.44. The van der Waals surface area contributed by atoms with Gasteiger partial charge in [0.05, 0.1) is 0 Å². The van der Waals surface area contributed by atoms with Gasteiger partial charge in [-0.15, -0.1) is 0 Å². The molecule has 1 fully saturated rings. The van der Waals surface area contributed by atoms with Crippen LogP contribution in [-0.4, -0.2) is 6.21 Å². The molecule has 2 rings (SSSR count). The molecule has 74 valence electrons. The van der Waals surface area contributed by atoms with Crippen LogP contribution in [0.5, 0.6) is 0 Å². The smallest absolute Gasteiger partial charge is 0.142 e. The molecule has 0 unspecified atom stereocenters. The van der Waals surface area contributed by atoms with E-state index in [-0.39, 0.29) is 0 Å². The standard InChI is InChI=1S/C12H15NO/c1-10-2-4-12(5-3-10)9-14-13-8-11-6-7-11/h2-5,8,11H,6-7,9H2,1H3. The molecule has 1 aliphatic carbocycles. The largest absolute Gasteiger partial charge is 0.391 e. The summed E-state index contributed by atoms with van der Waals surface area (Å²) in [5.41, 5.74) is 2.44. The van der Waals surface area contributed by atoms with Gasteiger partial charge in [0.15, 0.2) is 0 Å². The Labute approximate surface area is 84.6 Å². The van der Waals surface area contributed by atoms with Crippen molar-refractivity contribution in [2.24, 2.45) is 11.1 Å². The average Bonchev–Trinajstić information content (AvgIpc) is 2.99. The summed E-state index contributed by atoms with van der Waals surface area (Å²) in [5, 5.41) is 3.93. The van der Waals surface area contributed by atoms with E-state index in [4.69, 9.17) is 4.84 Å². The molecule has 1 aromatic carbocycles. The third-order valence-corrected chi connectivity index (χ3v) is 2.32. The molecule has 0 aromatic heterocycles. The molecule has 14 heavy (non-hydrogen) atoms. The van der Waals surface area contributed by atoms with Crippen LogP contribution in [-0.2, 0) is 11.4 Å². The highest BCUT2D eigenvalue weighted by atomic mass is 16.6. The number of nitrogens with zero attached hydrogens (tertiary/aromatic N) is 1. The Hall–Kier alpha value is -1.31. The van der Waals surface area contributed by atoms with Crippen molar-refractivity contribution in [1.82, 2.24) is 0 Å². The minimum atomic E-state index is 0.573. The predicted molar refractivity (Wildman–Crippen MR) is 57.2 cm³/mol. The number of rotatable bonds is 4. The number of aryl methyl sites for hydroxylation is 1. The fraction of sp³-hybridized carbons (Fsp3) is 0.417. The lowest BCUT2D eigenvalue weighted by Gasteiger charge is -1.99. The van der Waals surface area contributed by atoms with Crippen molar-refractivity contribution in [3.05, 3.63) is 35.4 Å². The molecule has 0 atom stereocenters. The Morgan fingerprint density at radius 1 is 1.36 bits per heavy atom. The molecule has 0 heterocycles. The Morgan fingerprint density at radius 3 is 2.71 bits per heavy atom. The van der Waals surface area contributed by atoms with E-state index in [1.54, 1.807) is 0 Å².